The highest BCUT2D eigenvalue weighted by atomic mass is 16.6. The molecule has 1 aliphatic carbocycles. The molecule has 2 heterocycles. The summed E-state index contributed by atoms with van der Waals surface area (Å²) in [5.41, 5.74) is 4.64. The molecule has 0 saturated carbocycles. The zero-order valence-electron chi connectivity index (χ0n) is 22.4. The van der Waals surface area contributed by atoms with Crippen LogP contribution in [0.1, 0.15) is 73.4 Å². The van der Waals surface area contributed by atoms with Gasteiger partial charge in [-0.15, -0.1) is 0 Å². The highest BCUT2D eigenvalue weighted by Gasteiger charge is 2.31. The molecular formula is C31H30N6O2. The van der Waals surface area contributed by atoms with Gasteiger partial charge < -0.3 is 4.74 Å². The Morgan fingerprint density at radius 1 is 1.10 bits per heavy atom. The fourth-order valence-electron chi connectivity index (χ4n) is 5.20. The van der Waals surface area contributed by atoms with Gasteiger partial charge in [0.2, 0.25) is 0 Å². The van der Waals surface area contributed by atoms with Crippen molar-refractivity contribution in [2.24, 2.45) is 0 Å². The van der Waals surface area contributed by atoms with Gasteiger partial charge in [0.05, 0.1) is 52.6 Å². The number of carbonyl (C=O) groups is 1. The van der Waals surface area contributed by atoms with E-state index in [-0.39, 0.29) is 6.04 Å². The van der Waals surface area contributed by atoms with Crippen LogP contribution in [0.2, 0.25) is 0 Å². The van der Waals surface area contributed by atoms with E-state index in [1.165, 1.54) is 5.56 Å². The first-order valence-corrected chi connectivity index (χ1v) is 13.1. The number of aromatic nitrogens is 3. The van der Waals surface area contributed by atoms with Crippen molar-refractivity contribution in [3.8, 4) is 12.1 Å². The number of para-hydroxylation sites is 2. The maximum atomic E-state index is 13.4. The number of aryl methyl sites for hydroxylation is 1. The topological polar surface area (TPSA) is 108 Å². The van der Waals surface area contributed by atoms with Crippen molar-refractivity contribution in [2.75, 3.05) is 0 Å². The van der Waals surface area contributed by atoms with E-state index in [0.717, 1.165) is 30.5 Å². The zero-order chi connectivity index (χ0) is 27.6. The Kier molecular flexibility index (Phi) is 7.15. The molecule has 0 fully saturated rings. The van der Waals surface area contributed by atoms with Crippen LogP contribution < -0.4 is 0 Å². The molecule has 0 saturated heterocycles. The minimum absolute atomic E-state index is 0.0379. The molecule has 1 atom stereocenters. The molecule has 1 unspecified atom stereocenters. The molecule has 0 bridgehead atoms. The third-order valence-corrected chi connectivity index (χ3v) is 6.89. The first-order chi connectivity index (χ1) is 18.8. The molecule has 1 aliphatic rings. The van der Waals surface area contributed by atoms with Crippen LogP contribution >= 0.6 is 0 Å². The molecule has 4 aromatic rings. The highest BCUT2D eigenvalue weighted by molar-refractivity contribution is 5.87. The number of nitrogens with zero attached hydrogens (tertiary/aromatic N) is 6. The van der Waals surface area contributed by atoms with Crippen LogP contribution in [0.3, 0.4) is 0 Å². The van der Waals surface area contributed by atoms with Gasteiger partial charge in [0, 0.05) is 12.7 Å². The van der Waals surface area contributed by atoms with Crippen LogP contribution in [0.5, 0.6) is 0 Å². The average Bonchev–Trinajstić information content (AvgIpc) is 3.29. The minimum atomic E-state index is -0.671. The molecule has 0 N–H and O–H groups in total. The van der Waals surface area contributed by atoms with Crippen molar-refractivity contribution in [2.45, 2.75) is 64.8 Å². The van der Waals surface area contributed by atoms with Crippen molar-refractivity contribution in [3.05, 3.63) is 94.6 Å². The maximum absolute atomic E-state index is 13.4. The number of nitriles is 2. The summed E-state index contributed by atoms with van der Waals surface area (Å²) in [6.07, 6.45) is 4.18. The van der Waals surface area contributed by atoms with Gasteiger partial charge in [-0.3, -0.25) is 9.88 Å². The van der Waals surface area contributed by atoms with Crippen LogP contribution in [0, 0.1) is 22.7 Å². The van der Waals surface area contributed by atoms with Gasteiger partial charge in [-0.25, -0.2) is 14.3 Å². The summed E-state index contributed by atoms with van der Waals surface area (Å²) in [6.45, 7) is 6.28. The molecule has 8 heteroatoms. The van der Waals surface area contributed by atoms with Crippen LogP contribution in [-0.2, 0) is 24.2 Å². The lowest BCUT2D eigenvalue weighted by Crippen LogP contribution is -2.34. The summed E-state index contributed by atoms with van der Waals surface area (Å²) in [4.78, 5) is 25.3. The third kappa shape index (κ3) is 5.52. The van der Waals surface area contributed by atoms with Crippen LogP contribution in [0.15, 0.2) is 60.8 Å². The number of benzene rings is 2. The molecule has 196 valence electrons. The standard InChI is InChI=1S/C31H30N6O2/c1-31(2,3)39-30(38)37-26-11-5-4-10-25(26)35-28(37)20-36(19-23-14-13-21(17-32)16-24(23)18-33)27-12-6-8-22-9-7-15-34-29(22)27/h4-5,7,9-11,13-16,27H,6,8,12,19-20H2,1-3H3. The Balaban J connectivity index is 1.61. The maximum Gasteiger partial charge on any atom is 0.420 e. The second-order valence-corrected chi connectivity index (χ2v) is 10.8. The summed E-state index contributed by atoms with van der Waals surface area (Å²) >= 11 is 0. The first kappa shape index (κ1) is 26.1. The number of rotatable bonds is 5. The lowest BCUT2D eigenvalue weighted by Gasteiger charge is -2.35. The van der Waals surface area contributed by atoms with Crippen molar-refractivity contribution in [1.29, 1.82) is 10.5 Å². The molecule has 0 radical (unpaired) electrons. The van der Waals surface area contributed by atoms with Crippen molar-refractivity contribution < 1.29 is 9.53 Å². The van der Waals surface area contributed by atoms with E-state index in [4.69, 9.17) is 14.7 Å². The van der Waals surface area contributed by atoms with E-state index in [1.807, 2.05) is 63.4 Å². The Labute approximate surface area is 228 Å². The summed E-state index contributed by atoms with van der Waals surface area (Å²) in [5, 5.41) is 19.2. The minimum Gasteiger partial charge on any atom is -0.443 e. The van der Waals surface area contributed by atoms with Crippen LogP contribution in [0.4, 0.5) is 4.79 Å². The summed E-state index contributed by atoms with van der Waals surface area (Å²) in [7, 11) is 0. The van der Waals surface area contributed by atoms with Gasteiger partial charge in [0.1, 0.15) is 11.4 Å². The van der Waals surface area contributed by atoms with Crippen molar-refractivity contribution in [3.63, 3.8) is 0 Å². The second-order valence-electron chi connectivity index (χ2n) is 10.8. The van der Waals surface area contributed by atoms with Gasteiger partial charge in [0.25, 0.3) is 0 Å². The molecule has 5 rings (SSSR count). The Hall–Kier alpha value is -4.53. The molecule has 0 spiro atoms. The van der Waals surface area contributed by atoms with Gasteiger partial charge in [-0.1, -0.05) is 24.3 Å². The number of carbonyl (C=O) groups excluding carboxylic acids is 1. The molecule has 0 aliphatic heterocycles. The smallest absolute Gasteiger partial charge is 0.420 e. The van der Waals surface area contributed by atoms with E-state index >= 15 is 0 Å². The zero-order valence-corrected chi connectivity index (χ0v) is 22.4. The van der Waals surface area contributed by atoms with Gasteiger partial charge in [-0.05, 0) is 81.5 Å². The predicted molar refractivity (Wildman–Crippen MR) is 146 cm³/mol. The second kappa shape index (κ2) is 10.7. The number of pyridine rings is 1. The Bertz CT molecular complexity index is 1620. The van der Waals surface area contributed by atoms with Crippen molar-refractivity contribution in [1.82, 2.24) is 19.4 Å². The molecular weight excluding hydrogens is 488 g/mol. The summed E-state index contributed by atoms with van der Waals surface area (Å²) in [5.74, 6) is 0.556. The lowest BCUT2D eigenvalue weighted by atomic mass is 9.90. The normalized spacial score (nSPS) is 15.0. The van der Waals surface area contributed by atoms with Crippen LogP contribution in [0.25, 0.3) is 11.0 Å². The molecule has 2 aromatic carbocycles. The summed E-state index contributed by atoms with van der Waals surface area (Å²) in [6, 6.07) is 21.1. The lowest BCUT2D eigenvalue weighted by molar-refractivity contribution is 0.0530. The average molecular weight is 519 g/mol. The Morgan fingerprint density at radius 2 is 1.92 bits per heavy atom. The largest absolute Gasteiger partial charge is 0.443 e. The van der Waals surface area contributed by atoms with E-state index in [2.05, 4.69) is 23.1 Å². The third-order valence-electron chi connectivity index (χ3n) is 6.89. The van der Waals surface area contributed by atoms with Crippen molar-refractivity contribution >= 4 is 17.1 Å². The Morgan fingerprint density at radius 3 is 2.69 bits per heavy atom. The number of ether oxygens (including phenoxy) is 1. The molecule has 2 aromatic heterocycles. The van der Waals surface area contributed by atoms with E-state index in [9.17, 15) is 15.3 Å². The van der Waals surface area contributed by atoms with E-state index in [0.29, 0.717) is 41.1 Å². The van der Waals surface area contributed by atoms with Gasteiger partial charge in [0.15, 0.2) is 0 Å². The fraction of sp³-hybridized carbons (Fsp3) is 0.323. The van der Waals surface area contributed by atoms with Crippen LogP contribution in [-0.4, -0.2) is 31.1 Å². The first-order valence-electron chi connectivity index (χ1n) is 13.1. The fourth-order valence-corrected chi connectivity index (χ4v) is 5.20. The van der Waals surface area contributed by atoms with E-state index < -0.39 is 11.7 Å². The van der Waals surface area contributed by atoms with Gasteiger partial charge in [-0.2, -0.15) is 10.5 Å². The highest BCUT2D eigenvalue weighted by Crippen LogP contribution is 2.35. The number of imidazole rings is 1. The number of hydrogen-bond donors (Lipinski definition) is 0. The summed E-state index contributed by atoms with van der Waals surface area (Å²) < 4.78 is 7.33. The molecule has 8 nitrogen and oxygen atoms in total. The number of fused-ring (bicyclic) bond motifs is 2. The quantitative estimate of drug-likeness (QED) is 0.317. The monoisotopic (exact) mass is 518 g/mol. The molecule has 0 amide bonds. The van der Waals surface area contributed by atoms with E-state index in [1.54, 1.807) is 16.7 Å². The predicted octanol–water partition coefficient (Wildman–Crippen LogP) is 6.04. The molecule has 39 heavy (non-hydrogen) atoms. The SMILES string of the molecule is CC(C)(C)OC(=O)n1c(CN(Cc2ccc(C#N)cc2C#N)C2CCCc3cccnc32)nc2ccccc21. The number of hydrogen-bond acceptors (Lipinski definition) is 7. The van der Waals surface area contributed by atoms with Gasteiger partial charge >= 0.3 is 6.09 Å².